The van der Waals surface area contributed by atoms with E-state index in [0.717, 1.165) is 36.4 Å². The fourth-order valence-corrected chi connectivity index (χ4v) is 2.95. The summed E-state index contributed by atoms with van der Waals surface area (Å²) in [5, 5.41) is 3.55. The van der Waals surface area contributed by atoms with Gasteiger partial charge in [0.05, 0.1) is 14.2 Å². The van der Waals surface area contributed by atoms with Crippen LogP contribution in [0, 0.1) is 0 Å². The molecule has 0 bridgehead atoms. The number of hydrogen-bond acceptors (Lipinski definition) is 3. The first-order valence-corrected chi connectivity index (χ1v) is 7.37. The molecule has 0 saturated carbocycles. The van der Waals surface area contributed by atoms with Gasteiger partial charge in [0, 0.05) is 24.2 Å². The van der Waals surface area contributed by atoms with Gasteiger partial charge < -0.3 is 14.8 Å². The molecule has 3 nitrogen and oxygen atoms in total. The van der Waals surface area contributed by atoms with Gasteiger partial charge in [0.2, 0.25) is 0 Å². The average molecular weight is 283 g/mol. The number of aryl methyl sites for hydroxylation is 1. The number of rotatable bonds is 4. The maximum absolute atomic E-state index is 5.49. The molecule has 0 aliphatic carbocycles. The van der Waals surface area contributed by atoms with Gasteiger partial charge in [-0.2, -0.15) is 0 Å². The normalized spacial score (nSPS) is 13.2. The first-order chi connectivity index (χ1) is 10.3. The molecule has 0 unspecified atom stereocenters. The van der Waals surface area contributed by atoms with E-state index in [1.807, 2.05) is 12.1 Å². The van der Waals surface area contributed by atoms with E-state index in [1.54, 1.807) is 14.2 Å². The molecule has 1 N–H and O–H groups in total. The fourth-order valence-electron chi connectivity index (χ4n) is 2.95. The predicted octanol–water partition coefficient (Wildman–Crippen LogP) is 3.65. The molecule has 0 saturated heterocycles. The molecule has 1 aliphatic heterocycles. The zero-order valence-electron chi connectivity index (χ0n) is 12.6. The third-order valence-corrected chi connectivity index (χ3v) is 4.03. The Morgan fingerprint density at radius 1 is 1.05 bits per heavy atom. The highest BCUT2D eigenvalue weighted by Crippen LogP contribution is 2.31. The van der Waals surface area contributed by atoms with E-state index in [1.165, 1.54) is 23.2 Å². The largest absolute Gasteiger partial charge is 0.497 e. The summed E-state index contributed by atoms with van der Waals surface area (Å²) < 4.78 is 10.8. The van der Waals surface area contributed by atoms with Gasteiger partial charge in [0.1, 0.15) is 11.5 Å². The molecule has 3 heteroatoms. The Labute approximate surface area is 125 Å². The molecule has 0 fully saturated rings. The number of nitrogens with one attached hydrogen (secondary N) is 1. The van der Waals surface area contributed by atoms with E-state index < -0.39 is 0 Å². The Morgan fingerprint density at radius 2 is 1.95 bits per heavy atom. The first kappa shape index (κ1) is 13.8. The molecule has 0 atom stereocenters. The number of methoxy groups -OCH3 is 2. The summed E-state index contributed by atoms with van der Waals surface area (Å²) in [4.78, 5) is 0. The number of anilines is 1. The Morgan fingerprint density at radius 3 is 2.76 bits per heavy atom. The first-order valence-electron chi connectivity index (χ1n) is 7.37. The molecule has 0 amide bonds. The SMILES string of the molecule is COc1ccc(OC)c(Cc2cccc3c2NCCC3)c1. The molecule has 3 rings (SSSR count). The number of para-hydroxylation sites is 1. The maximum Gasteiger partial charge on any atom is 0.122 e. The van der Waals surface area contributed by atoms with Gasteiger partial charge in [-0.1, -0.05) is 18.2 Å². The summed E-state index contributed by atoms with van der Waals surface area (Å²) in [5.41, 5.74) is 5.19. The van der Waals surface area contributed by atoms with Crippen molar-refractivity contribution < 1.29 is 9.47 Å². The summed E-state index contributed by atoms with van der Waals surface area (Å²) in [5.74, 6) is 1.77. The number of fused-ring (bicyclic) bond motifs is 1. The summed E-state index contributed by atoms with van der Waals surface area (Å²) in [7, 11) is 3.40. The second-order valence-corrected chi connectivity index (χ2v) is 5.34. The van der Waals surface area contributed by atoms with Crippen molar-refractivity contribution >= 4 is 5.69 Å². The van der Waals surface area contributed by atoms with Gasteiger partial charge in [-0.3, -0.25) is 0 Å². The van der Waals surface area contributed by atoms with Crippen LogP contribution in [0.2, 0.25) is 0 Å². The topological polar surface area (TPSA) is 30.5 Å². The van der Waals surface area contributed by atoms with Gasteiger partial charge in [-0.25, -0.2) is 0 Å². The van der Waals surface area contributed by atoms with Crippen molar-refractivity contribution in [3.63, 3.8) is 0 Å². The zero-order chi connectivity index (χ0) is 14.7. The van der Waals surface area contributed by atoms with Gasteiger partial charge >= 0.3 is 0 Å². The maximum atomic E-state index is 5.49. The van der Waals surface area contributed by atoms with E-state index in [2.05, 4.69) is 29.6 Å². The Hall–Kier alpha value is -2.16. The highest BCUT2D eigenvalue weighted by Gasteiger charge is 2.14. The van der Waals surface area contributed by atoms with Crippen LogP contribution in [0.5, 0.6) is 11.5 Å². The number of benzene rings is 2. The summed E-state index contributed by atoms with van der Waals surface area (Å²) in [6.07, 6.45) is 3.21. The van der Waals surface area contributed by atoms with Crippen LogP contribution >= 0.6 is 0 Å². The van der Waals surface area contributed by atoms with E-state index >= 15 is 0 Å². The standard InChI is InChI=1S/C18H21NO2/c1-20-16-8-9-17(21-2)15(12-16)11-14-6-3-5-13-7-4-10-19-18(13)14/h3,5-6,8-9,12,19H,4,7,10-11H2,1-2H3. The molecule has 21 heavy (non-hydrogen) atoms. The lowest BCUT2D eigenvalue weighted by Crippen LogP contribution is -2.13. The van der Waals surface area contributed by atoms with Crippen LogP contribution in [0.4, 0.5) is 5.69 Å². The molecule has 0 radical (unpaired) electrons. The van der Waals surface area contributed by atoms with Crippen LogP contribution in [0.15, 0.2) is 36.4 Å². The summed E-state index contributed by atoms with van der Waals surface area (Å²) in [6.45, 7) is 1.05. The van der Waals surface area contributed by atoms with Crippen molar-refractivity contribution in [1.82, 2.24) is 0 Å². The lowest BCUT2D eigenvalue weighted by molar-refractivity contribution is 0.399. The third-order valence-electron chi connectivity index (χ3n) is 4.03. The van der Waals surface area contributed by atoms with Crippen LogP contribution in [0.3, 0.4) is 0 Å². The minimum absolute atomic E-state index is 0.844. The molecule has 1 heterocycles. The van der Waals surface area contributed by atoms with Crippen molar-refractivity contribution in [2.45, 2.75) is 19.3 Å². The lowest BCUT2D eigenvalue weighted by atomic mass is 9.95. The van der Waals surface area contributed by atoms with Gasteiger partial charge in [0.15, 0.2) is 0 Å². The van der Waals surface area contributed by atoms with Crippen molar-refractivity contribution in [1.29, 1.82) is 0 Å². The van der Waals surface area contributed by atoms with Crippen molar-refractivity contribution in [2.75, 3.05) is 26.1 Å². The minimum atomic E-state index is 0.844. The van der Waals surface area contributed by atoms with Crippen molar-refractivity contribution in [3.05, 3.63) is 53.1 Å². The lowest BCUT2D eigenvalue weighted by Gasteiger charge is -2.21. The third kappa shape index (κ3) is 2.82. The highest BCUT2D eigenvalue weighted by atomic mass is 16.5. The second kappa shape index (κ2) is 6.08. The van der Waals surface area contributed by atoms with E-state index in [9.17, 15) is 0 Å². The van der Waals surface area contributed by atoms with Crippen LogP contribution in [0.25, 0.3) is 0 Å². The summed E-state index contributed by atoms with van der Waals surface area (Å²) in [6, 6.07) is 12.5. The Balaban J connectivity index is 1.97. The van der Waals surface area contributed by atoms with Crippen LogP contribution < -0.4 is 14.8 Å². The molecule has 0 spiro atoms. The highest BCUT2D eigenvalue weighted by molar-refractivity contribution is 5.61. The molecule has 1 aliphatic rings. The summed E-state index contributed by atoms with van der Waals surface area (Å²) >= 11 is 0. The van der Waals surface area contributed by atoms with Gasteiger partial charge in [-0.15, -0.1) is 0 Å². The van der Waals surface area contributed by atoms with E-state index in [-0.39, 0.29) is 0 Å². The molecular formula is C18H21NO2. The van der Waals surface area contributed by atoms with Gasteiger partial charge in [0.25, 0.3) is 0 Å². The average Bonchev–Trinajstić information content (AvgIpc) is 2.55. The predicted molar refractivity (Wildman–Crippen MR) is 85.6 cm³/mol. The second-order valence-electron chi connectivity index (χ2n) is 5.34. The molecule has 2 aromatic rings. The molecule has 2 aromatic carbocycles. The fraction of sp³-hybridized carbons (Fsp3) is 0.333. The molecule has 110 valence electrons. The van der Waals surface area contributed by atoms with Crippen molar-refractivity contribution in [2.24, 2.45) is 0 Å². The Kier molecular flexibility index (Phi) is 4.00. The van der Waals surface area contributed by atoms with E-state index in [4.69, 9.17) is 9.47 Å². The van der Waals surface area contributed by atoms with Crippen LogP contribution in [-0.2, 0) is 12.8 Å². The van der Waals surface area contributed by atoms with Gasteiger partial charge in [-0.05, 0) is 42.2 Å². The van der Waals surface area contributed by atoms with Crippen LogP contribution in [0.1, 0.15) is 23.1 Å². The molecule has 0 aromatic heterocycles. The quantitative estimate of drug-likeness (QED) is 0.929. The van der Waals surface area contributed by atoms with Crippen LogP contribution in [-0.4, -0.2) is 20.8 Å². The monoisotopic (exact) mass is 283 g/mol. The smallest absolute Gasteiger partial charge is 0.122 e. The Bertz CT molecular complexity index is 637. The number of hydrogen-bond donors (Lipinski definition) is 1. The number of ether oxygens (including phenoxy) is 2. The van der Waals surface area contributed by atoms with Crippen molar-refractivity contribution in [3.8, 4) is 11.5 Å². The van der Waals surface area contributed by atoms with E-state index in [0.29, 0.717) is 0 Å². The zero-order valence-corrected chi connectivity index (χ0v) is 12.6. The minimum Gasteiger partial charge on any atom is -0.497 e. The molecular weight excluding hydrogens is 262 g/mol.